The molecule has 6 rings (SSSR count). The molecule has 0 saturated heterocycles. The Bertz CT molecular complexity index is 1220. The molecule has 1 saturated carbocycles. The van der Waals surface area contributed by atoms with Gasteiger partial charge in [0.2, 0.25) is 5.95 Å². The van der Waals surface area contributed by atoms with Crippen molar-refractivity contribution in [3.05, 3.63) is 70.7 Å². The minimum Gasteiger partial charge on any atom is -0.334 e. The Hall–Kier alpha value is -3.08. The van der Waals surface area contributed by atoms with Gasteiger partial charge in [-0.25, -0.2) is 9.97 Å². The summed E-state index contributed by atoms with van der Waals surface area (Å²) in [6.45, 7) is 5.39. The number of hydrogen-bond acceptors (Lipinski definition) is 5. The summed E-state index contributed by atoms with van der Waals surface area (Å²) in [5.74, 6) is 1.47. The Kier molecular flexibility index (Phi) is 5.20. The summed E-state index contributed by atoms with van der Waals surface area (Å²) >= 11 is 0. The Labute approximate surface area is 196 Å². The van der Waals surface area contributed by atoms with Crippen molar-refractivity contribution in [1.29, 1.82) is 0 Å². The van der Waals surface area contributed by atoms with Crippen LogP contribution >= 0.6 is 0 Å². The highest BCUT2D eigenvalue weighted by Gasteiger charge is 2.35. The summed E-state index contributed by atoms with van der Waals surface area (Å²) in [6.07, 6.45) is 10.4. The third kappa shape index (κ3) is 3.64. The molecule has 0 radical (unpaired) electrons. The van der Waals surface area contributed by atoms with Crippen LogP contribution in [0.3, 0.4) is 0 Å². The first-order chi connectivity index (χ1) is 16.2. The summed E-state index contributed by atoms with van der Waals surface area (Å²) in [4.78, 5) is 12.2. The molecule has 168 valence electrons. The van der Waals surface area contributed by atoms with Gasteiger partial charge < -0.3 is 4.90 Å². The molecular formula is C28H31N5. The van der Waals surface area contributed by atoms with E-state index in [0.29, 0.717) is 5.92 Å². The molecule has 0 spiro atoms. The van der Waals surface area contributed by atoms with Crippen LogP contribution < -0.4 is 4.90 Å². The van der Waals surface area contributed by atoms with E-state index in [-0.39, 0.29) is 6.04 Å². The van der Waals surface area contributed by atoms with E-state index in [0.717, 1.165) is 42.3 Å². The minimum absolute atomic E-state index is 0.227. The lowest BCUT2D eigenvalue weighted by Crippen LogP contribution is -2.39. The molecule has 2 aliphatic carbocycles. The summed E-state index contributed by atoms with van der Waals surface area (Å²) in [5.41, 5.74) is 9.87. The number of anilines is 1. The van der Waals surface area contributed by atoms with Gasteiger partial charge in [-0.3, -0.25) is 0 Å². The van der Waals surface area contributed by atoms with E-state index < -0.39 is 0 Å². The predicted octanol–water partition coefficient (Wildman–Crippen LogP) is 5.90. The van der Waals surface area contributed by atoms with E-state index in [1.165, 1.54) is 60.1 Å². The van der Waals surface area contributed by atoms with Crippen molar-refractivity contribution in [2.45, 2.75) is 70.8 Å². The number of fused-ring (bicyclic) bond motifs is 2. The normalized spacial score (nSPS) is 20.7. The molecule has 1 aliphatic heterocycles. The van der Waals surface area contributed by atoms with Crippen molar-refractivity contribution in [3.63, 3.8) is 0 Å². The van der Waals surface area contributed by atoms with Gasteiger partial charge in [-0.05, 0) is 56.4 Å². The second-order valence-corrected chi connectivity index (χ2v) is 9.83. The molecule has 5 nitrogen and oxygen atoms in total. The summed E-state index contributed by atoms with van der Waals surface area (Å²) in [7, 11) is 0. The van der Waals surface area contributed by atoms with Gasteiger partial charge in [0.1, 0.15) is 0 Å². The van der Waals surface area contributed by atoms with Crippen LogP contribution in [0.5, 0.6) is 0 Å². The molecule has 5 heteroatoms. The van der Waals surface area contributed by atoms with Gasteiger partial charge >= 0.3 is 0 Å². The standard InChI is InChI=1S/C28H31N5/c1-18-8-6-7-11-22(18)26-17-23-25(31-32-26)16-21-13-15-33(19(2)27(21)23)28-29-14-12-24(30-28)20-9-4-3-5-10-20/h6-8,11-12,14,17,19-20H,3-5,9-10,13,15-16H2,1-2H3/t19-/m0/s1. The highest BCUT2D eigenvalue weighted by molar-refractivity contribution is 5.83. The van der Waals surface area contributed by atoms with Crippen molar-refractivity contribution in [1.82, 2.24) is 20.2 Å². The lowest BCUT2D eigenvalue weighted by Gasteiger charge is -2.35. The van der Waals surface area contributed by atoms with E-state index >= 15 is 0 Å². The fourth-order valence-corrected chi connectivity index (χ4v) is 6.01. The number of nitrogens with zero attached hydrogens (tertiary/aromatic N) is 5. The average molecular weight is 438 g/mol. The Morgan fingerprint density at radius 1 is 0.970 bits per heavy atom. The Balaban J connectivity index is 1.33. The van der Waals surface area contributed by atoms with E-state index in [9.17, 15) is 0 Å². The van der Waals surface area contributed by atoms with Crippen LogP contribution in [0.1, 0.15) is 73.9 Å². The molecular weight excluding hydrogens is 406 g/mol. The fraction of sp³-hybridized carbons (Fsp3) is 0.429. The van der Waals surface area contributed by atoms with E-state index in [2.05, 4.69) is 65.3 Å². The maximum absolute atomic E-state index is 5.08. The molecule has 33 heavy (non-hydrogen) atoms. The minimum atomic E-state index is 0.227. The maximum Gasteiger partial charge on any atom is 0.226 e. The predicted molar refractivity (Wildman–Crippen MR) is 132 cm³/mol. The van der Waals surface area contributed by atoms with Gasteiger partial charge in [-0.1, -0.05) is 49.1 Å². The molecule has 0 bridgehead atoms. The van der Waals surface area contributed by atoms with Gasteiger partial charge in [-0.15, -0.1) is 0 Å². The molecule has 1 atom stereocenters. The topological polar surface area (TPSA) is 54.8 Å². The zero-order valence-corrected chi connectivity index (χ0v) is 19.6. The molecule has 3 aliphatic rings. The van der Waals surface area contributed by atoms with Crippen molar-refractivity contribution < 1.29 is 0 Å². The van der Waals surface area contributed by atoms with Crippen molar-refractivity contribution in [3.8, 4) is 11.3 Å². The van der Waals surface area contributed by atoms with Gasteiger partial charge in [-0.2, -0.15) is 10.2 Å². The molecule has 2 aromatic heterocycles. The molecule has 0 amide bonds. The van der Waals surface area contributed by atoms with E-state index in [1.807, 2.05) is 6.20 Å². The summed E-state index contributed by atoms with van der Waals surface area (Å²) < 4.78 is 0. The van der Waals surface area contributed by atoms with E-state index in [1.54, 1.807) is 0 Å². The van der Waals surface area contributed by atoms with Crippen LogP contribution in [-0.4, -0.2) is 32.8 Å². The van der Waals surface area contributed by atoms with Crippen molar-refractivity contribution in [2.75, 3.05) is 11.4 Å². The van der Waals surface area contributed by atoms with Gasteiger partial charge in [0.25, 0.3) is 0 Å². The van der Waals surface area contributed by atoms with Gasteiger partial charge in [0, 0.05) is 41.9 Å². The first-order valence-corrected chi connectivity index (χ1v) is 12.4. The molecule has 3 aromatic rings. The summed E-state index contributed by atoms with van der Waals surface area (Å²) in [6, 6.07) is 13.0. The number of aryl methyl sites for hydroxylation is 1. The monoisotopic (exact) mass is 437 g/mol. The second-order valence-electron chi connectivity index (χ2n) is 9.83. The maximum atomic E-state index is 5.08. The first kappa shape index (κ1) is 20.5. The highest BCUT2D eigenvalue weighted by atomic mass is 15.3. The second kappa shape index (κ2) is 8.36. The first-order valence-electron chi connectivity index (χ1n) is 12.4. The lowest BCUT2D eigenvalue weighted by atomic mass is 9.87. The van der Waals surface area contributed by atoms with Crippen LogP contribution in [0.25, 0.3) is 16.8 Å². The number of benzene rings is 1. The highest BCUT2D eigenvalue weighted by Crippen LogP contribution is 2.42. The molecule has 1 fully saturated rings. The van der Waals surface area contributed by atoms with Crippen LogP contribution in [0.15, 0.2) is 48.2 Å². The SMILES string of the molecule is Cc1ccccc1-c1cc2c(nn1)CC1=C2[C@H](C)N(c2nccc(C3CCCCC3)n2)CC1. The van der Waals surface area contributed by atoms with Crippen LogP contribution in [-0.2, 0) is 6.42 Å². The van der Waals surface area contributed by atoms with Gasteiger partial charge in [0.15, 0.2) is 0 Å². The largest absolute Gasteiger partial charge is 0.334 e. The van der Waals surface area contributed by atoms with Crippen LogP contribution in [0, 0.1) is 6.92 Å². The summed E-state index contributed by atoms with van der Waals surface area (Å²) in [5, 5.41) is 9.26. The van der Waals surface area contributed by atoms with Crippen molar-refractivity contribution >= 4 is 11.5 Å². The Morgan fingerprint density at radius 2 is 1.82 bits per heavy atom. The Morgan fingerprint density at radius 3 is 2.67 bits per heavy atom. The number of hydrogen-bond donors (Lipinski definition) is 0. The van der Waals surface area contributed by atoms with E-state index in [4.69, 9.17) is 9.97 Å². The van der Waals surface area contributed by atoms with Crippen LogP contribution in [0.4, 0.5) is 5.95 Å². The zero-order chi connectivity index (χ0) is 22.4. The molecule has 0 unspecified atom stereocenters. The number of rotatable bonds is 3. The third-order valence-electron chi connectivity index (χ3n) is 7.83. The molecule has 0 N–H and O–H groups in total. The third-order valence-corrected chi connectivity index (χ3v) is 7.83. The molecule has 3 heterocycles. The number of aromatic nitrogens is 4. The lowest BCUT2D eigenvalue weighted by molar-refractivity contribution is 0.436. The fourth-order valence-electron chi connectivity index (χ4n) is 6.01. The smallest absolute Gasteiger partial charge is 0.226 e. The zero-order valence-electron chi connectivity index (χ0n) is 19.6. The van der Waals surface area contributed by atoms with Crippen LogP contribution in [0.2, 0.25) is 0 Å². The average Bonchev–Trinajstić information content (AvgIpc) is 3.24. The van der Waals surface area contributed by atoms with Gasteiger partial charge in [0.05, 0.1) is 17.4 Å². The quantitative estimate of drug-likeness (QED) is 0.511. The molecule has 1 aromatic carbocycles. The van der Waals surface area contributed by atoms with Crippen molar-refractivity contribution in [2.24, 2.45) is 0 Å².